The van der Waals surface area contributed by atoms with Crippen LogP contribution in [-0.4, -0.2) is 34.2 Å². The van der Waals surface area contributed by atoms with E-state index in [4.69, 9.17) is 11.6 Å². The topological polar surface area (TPSA) is 61.8 Å². The summed E-state index contributed by atoms with van der Waals surface area (Å²) in [6.07, 6.45) is 0.136. The highest BCUT2D eigenvalue weighted by Crippen LogP contribution is 2.29. The summed E-state index contributed by atoms with van der Waals surface area (Å²) >= 11 is 9.37. The molecule has 0 spiro atoms. The number of aliphatic imine (C=N–C) groups is 1. The fourth-order valence-corrected chi connectivity index (χ4v) is 3.83. The van der Waals surface area contributed by atoms with E-state index in [2.05, 4.69) is 32.9 Å². The smallest absolute Gasteiger partial charge is 0.238 e. The number of rotatable bonds is 3. The van der Waals surface area contributed by atoms with E-state index in [0.29, 0.717) is 21.6 Å². The highest BCUT2D eigenvalue weighted by Gasteiger charge is 2.34. The number of thioether (sulfide) groups is 1. The quantitative estimate of drug-likeness (QED) is 0.631. The second kappa shape index (κ2) is 8.41. The molecule has 2 aromatic carbocycles. The molecular weight excluding hydrogens is 485 g/mol. The largest absolute Gasteiger partial charge is 0.325 e. The maximum atomic E-state index is 12.6. The van der Waals surface area contributed by atoms with Crippen LogP contribution in [0.15, 0.2) is 53.5 Å². The Morgan fingerprint density at radius 1 is 1.23 bits per heavy atom. The number of benzene rings is 2. The van der Waals surface area contributed by atoms with Gasteiger partial charge in [-0.1, -0.05) is 23.4 Å². The first-order valence-corrected chi connectivity index (χ1v) is 10.1. The third-order valence-electron chi connectivity index (χ3n) is 3.72. The minimum Gasteiger partial charge on any atom is -0.325 e. The van der Waals surface area contributed by atoms with Gasteiger partial charge >= 0.3 is 0 Å². The van der Waals surface area contributed by atoms with Crippen LogP contribution in [0.4, 0.5) is 11.4 Å². The zero-order valence-electron chi connectivity index (χ0n) is 13.8. The van der Waals surface area contributed by atoms with Crippen molar-refractivity contribution in [1.82, 2.24) is 4.90 Å². The number of nitrogens with one attached hydrogen (secondary N) is 1. The first-order valence-electron chi connectivity index (χ1n) is 7.76. The van der Waals surface area contributed by atoms with Crippen LogP contribution in [0.5, 0.6) is 0 Å². The van der Waals surface area contributed by atoms with Crippen molar-refractivity contribution in [3.63, 3.8) is 0 Å². The maximum absolute atomic E-state index is 12.6. The molecule has 1 N–H and O–H groups in total. The number of carbonyl (C=O) groups is 2. The van der Waals surface area contributed by atoms with Crippen molar-refractivity contribution in [2.45, 2.75) is 11.7 Å². The molecule has 1 aliphatic heterocycles. The SMILES string of the molecule is CN1C(=O)C[C@@H](C(=O)Nc2ccc(I)cc2)SC1=Nc1ccc(Cl)cc1. The monoisotopic (exact) mass is 499 g/mol. The van der Waals surface area contributed by atoms with Crippen LogP contribution in [0.25, 0.3) is 0 Å². The minimum absolute atomic E-state index is 0.136. The lowest BCUT2D eigenvalue weighted by atomic mass is 10.2. The number of halogens is 2. The molecule has 0 aromatic heterocycles. The number of amides is 2. The van der Waals surface area contributed by atoms with Gasteiger partial charge in [-0.15, -0.1) is 0 Å². The van der Waals surface area contributed by atoms with Gasteiger partial charge in [0.25, 0.3) is 0 Å². The summed E-state index contributed by atoms with van der Waals surface area (Å²) in [5, 5.41) is 3.44. The van der Waals surface area contributed by atoms with E-state index in [1.807, 2.05) is 24.3 Å². The maximum Gasteiger partial charge on any atom is 0.238 e. The van der Waals surface area contributed by atoms with Crippen molar-refractivity contribution >= 4 is 74.3 Å². The number of hydrogen-bond acceptors (Lipinski definition) is 4. The van der Waals surface area contributed by atoms with E-state index in [0.717, 1.165) is 3.57 Å². The lowest BCUT2D eigenvalue weighted by Crippen LogP contribution is -2.43. The summed E-state index contributed by atoms with van der Waals surface area (Å²) in [6, 6.07) is 14.5. The van der Waals surface area contributed by atoms with Gasteiger partial charge in [0.2, 0.25) is 11.8 Å². The molecule has 2 aromatic rings. The van der Waals surface area contributed by atoms with Crippen LogP contribution in [0.1, 0.15) is 6.42 Å². The highest BCUT2D eigenvalue weighted by molar-refractivity contribution is 14.1. The Morgan fingerprint density at radius 3 is 2.54 bits per heavy atom. The Labute approximate surface area is 174 Å². The van der Waals surface area contributed by atoms with Crippen LogP contribution in [0.3, 0.4) is 0 Å². The van der Waals surface area contributed by atoms with Crippen molar-refractivity contribution in [2.24, 2.45) is 4.99 Å². The summed E-state index contributed by atoms with van der Waals surface area (Å²) < 4.78 is 1.09. The molecule has 0 radical (unpaired) electrons. The van der Waals surface area contributed by atoms with Crippen LogP contribution >= 0.6 is 46.0 Å². The molecule has 26 heavy (non-hydrogen) atoms. The molecule has 8 heteroatoms. The lowest BCUT2D eigenvalue weighted by molar-refractivity contribution is -0.128. The first kappa shape index (κ1) is 19.2. The molecule has 0 unspecified atom stereocenters. The molecule has 2 amide bonds. The lowest BCUT2D eigenvalue weighted by Gasteiger charge is -2.28. The summed E-state index contributed by atoms with van der Waals surface area (Å²) in [5.74, 6) is -0.347. The number of anilines is 1. The summed E-state index contributed by atoms with van der Waals surface area (Å²) in [7, 11) is 1.66. The molecule has 1 saturated heterocycles. The normalized spacial score (nSPS) is 18.9. The molecule has 5 nitrogen and oxygen atoms in total. The Morgan fingerprint density at radius 2 is 1.88 bits per heavy atom. The molecule has 1 aliphatic rings. The van der Waals surface area contributed by atoms with Gasteiger partial charge < -0.3 is 5.32 Å². The molecule has 3 rings (SSSR count). The predicted octanol–water partition coefficient (Wildman–Crippen LogP) is 4.53. The minimum atomic E-state index is -0.524. The molecule has 1 atom stereocenters. The van der Waals surface area contributed by atoms with Crippen molar-refractivity contribution < 1.29 is 9.59 Å². The van der Waals surface area contributed by atoms with E-state index in [1.54, 1.807) is 31.3 Å². The second-order valence-electron chi connectivity index (χ2n) is 5.63. The zero-order valence-corrected chi connectivity index (χ0v) is 17.5. The van der Waals surface area contributed by atoms with Crippen molar-refractivity contribution in [2.75, 3.05) is 12.4 Å². The van der Waals surface area contributed by atoms with Crippen molar-refractivity contribution in [1.29, 1.82) is 0 Å². The van der Waals surface area contributed by atoms with Gasteiger partial charge in [0, 0.05) is 27.7 Å². The van der Waals surface area contributed by atoms with Crippen LogP contribution in [-0.2, 0) is 9.59 Å². The van der Waals surface area contributed by atoms with E-state index < -0.39 is 5.25 Å². The Kier molecular flexibility index (Phi) is 6.20. The van der Waals surface area contributed by atoms with Crippen LogP contribution in [0.2, 0.25) is 5.02 Å². The van der Waals surface area contributed by atoms with Gasteiger partial charge in [0.1, 0.15) is 5.25 Å². The number of carbonyl (C=O) groups excluding carboxylic acids is 2. The Bertz CT molecular complexity index is 856. The van der Waals surface area contributed by atoms with Crippen LogP contribution in [0, 0.1) is 3.57 Å². The molecule has 0 bridgehead atoms. The van der Waals surface area contributed by atoms with Gasteiger partial charge in [-0.05, 0) is 71.1 Å². The molecule has 0 saturated carbocycles. The third kappa shape index (κ3) is 4.77. The molecule has 1 fully saturated rings. The average Bonchev–Trinajstić information content (AvgIpc) is 2.62. The van der Waals surface area contributed by atoms with Crippen LogP contribution < -0.4 is 5.32 Å². The Balaban J connectivity index is 1.76. The number of amidine groups is 1. The average molecular weight is 500 g/mol. The highest BCUT2D eigenvalue weighted by atomic mass is 127. The van der Waals surface area contributed by atoms with Crippen molar-refractivity contribution in [3.05, 3.63) is 57.1 Å². The van der Waals surface area contributed by atoms with E-state index in [9.17, 15) is 9.59 Å². The van der Waals surface area contributed by atoms with Crippen molar-refractivity contribution in [3.8, 4) is 0 Å². The number of hydrogen-bond donors (Lipinski definition) is 1. The van der Waals surface area contributed by atoms with E-state index in [1.165, 1.54) is 16.7 Å². The van der Waals surface area contributed by atoms with Gasteiger partial charge in [-0.25, -0.2) is 4.99 Å². The fraction of sp³-hybridized carbons (Fsp3) is 0.167. The van der Waals surface area contributed by atoms with E-state index in [-0.39, 0.29) is 18.2 Å². The fourth-order valence-electron chi connectivity index (χ4n) is 2.28. The Hall–Kier alpha value is -1.58. The summed E-state index contributed by atoms with van der Waals surface area (Å²) in [4.78, 5) is 30.8. The predicted molar refractivity (Wildman–Crippen MR) is 115 cm³/mol. The second-order valence-corrected chi connectivity index (χ2v) is 8.48. The van der Waals surface area contributed by atoms with Gasteiger partial charge in [-0.3, -0.25) is 14.5 Å². The first-order chi connectivity index (χ1) is 12.4. The molecule has 1 heterocycles. The van der Waals surface area contributed by atoms with E-state index >= 15 is 0 Å². The summed E-state index contributed by atoms with van der Waals surface area (Å²) in [5.41, 5.74) is 1.38. The summed E-state index contributed by atoms with van der Waals surface area (Å²) in [6.45, 7) is 0. The zero-order chi connectivity index (χ0) is 18.7. The molecule has 134 valence electrons. The standard InChI is InChI=1S/C18H15ClIN3O2S/c1-23-16(24)10-15(17(25)21-13-8-4-12(20)5-9-13)26-18(23)22-14-6-2-11(19)3-7-14/h2-9,15H,10H2,1H3,(H,21,25)/t15-/m0/s1. The van der Waals surface area contributed by atoms with Gasteiger partial charge in [0.15, 0.2) is 5.17 Å². The number of nitrogens with zero attached hydrogens (tertiary/aromatic N) is 2. The van der Waals surface area contributed by atoms with Gasteiger partial charge in [-0.2, -0.15) is 0 Å². The molecule has 0 aliphatic carbocycles. The third-order valence-corrected chi connectivity index (χ3v) is 5.94. The van der Waals surface area contributed by atoms with Gasteiger partial charge in [0.05, 0.1) is 5.69 Å². The molecular formula is C18H15ClIN3O2S.